The molecule has 0 N–H and O–H groups in total. The van der Waals surface area contributed by atoms with Crippen molar-refractivity contribution in [2.45, 2.75) is 31.7 Å². The van der Waals surface area contributed by atoms with Crippen LogP contribution in [0, 0.1) is 5.82 Å². The van der Waals surface area contributed by atoms with Crippen molar-refractivity contribution >= 4 is 0 Å². The normalized spacial score (nSPS) is 15.2. The highest BCUT2D eigenvalue weighted by molar-refractivity contribution is 5.80. The lowest BCUT2D eigenvalue weighted by atomic mass is 10.0. The first-order valence-electron chi connectivity index (χ1n) is 8.07. The molecule has 0 bridgehead atoms. The van der Waals surface area contributed by atoms with E-state index in [1.165, 1.54) is 37.8 Å². The molecule has 0 aliphatic heterocycles. The minimum Gasteiger partial charge on any atom is -0.268 e. The van der Waals surface area contributed by atoms with Crippen molar-refractivity contribution in [3.8, 4) is 22.4 Å². The molecule has 1 aromatic carbocycles. The molecule has 2 heterocycles. The predicted molar refractivity (Wildman–Crippen MR) is 88.4 cm³/mol. The predicted octanol–water partition coefficient (Wildman–Crippen LogP) is 4.87. The van der Waals surface area contributed by atoms with Crippen molar-refractivity contribution in [1.82, 2.24) is 14.8 Å². The molecule has 0 spiro atoms. The van der Waals surface area contributed by atoms with Crippen molar-refractivity contribution < 1.29 is 4.39 Å². The van der Waals surface area contributed by atoms with Crippen LogP contribution in [0.25, 0.3) is 22.4 Å². The summed E-state index contributed by atoms with van der Waals surface area (Å²) in [5.41, 5.74) is 4.01. The lowest BCUT2D eigenvalue weighted by molar-refractivity contribution is 0.468. The average Bonchev–Trinajstić information content (AvgIpc) is 3.26. The summed E-state index contributed by atoms with van der Waals surface area (Å²) in [6.45, 7) is 0. The highest BCUT2D eigenvalue weighted by Gasteiger charge is 2.21. The fraction of sp³-hybridized carbons (Fsp3) is 0.263. The van der Waals surface area contributed by atoms with Crippen molar-refractivity contribution in [3.63, 3.8) is 0 Å². The van der Waals surface area contributed by atoms with Gasteiger partial charge in [-0.3, -0.25) is 9.67 Å². The van der Waals surface area contributed by atoms with Crippen molar-refractivity contribution in [2.24, 2.45) is 0 Å². The molecule has 3 aromatic rings. The van der Waals surface area contributed by atoms with Gasteiger partial charge in [0.2, 0.25) is 0 Å². The summed E-state index contributed by atoms with van der Waals surface area (Å²) >= 11 is 0. The number of benzene rings is 1. The zero-order valence-electron chi connectivity index (χ0n) is 12.8. The lowest BCUT2D eigenvalue weighted by Gasteiger charge is -2.08. The van der Waals surface area contributed by atoms with Gasteiger partial charge >= 0.3 is 0 Å². The van der Waals surface area contributed by atoms with Gasteiger partial charge in [-0.05, 0) is 54.8 Å². The number of rotatable bonds is 3. The Balaban J connectivity index is 1.83. The lowest BCUT2D eigenvalue weighted by Crippen LogP contribution is -2.04. The second kappa shape index (κ2) is 5.95. The molecule has 23 heavy (non-hydrogen) atoms. The monoisotopic (exact) mass is 307 g/mol. The standard InChI is InChI=1S/C19H18FN3/c20-16-7-5-15(6-8-16)19-18(14-9-11-21-12-10-14)13-23(22-19)17-3-1-2-4-17/h5-13,17H,1-4H2. The van der Waals surface area contributed by atoms with Crippen LogP contribution in [0.2, 0.25) is 0 Å². The van der Waals surface area contributed by atoms with E-state index in [-0.39, 0.29) is 5.82 Å². The number of pyridine rings is 1. The average molecular weight is 307 g/mol. The van der Waals surface area contributed by atoms with Gasteiger partial charge in [0.05, 0.1) is 6.04 Å². The zero-order chi connectivity index (χ0) is 15.6. The second-order valence-corrected chi connectivity index (χ2v) is 6.05. The fourth-order valence-electron chi connectivity index (χ4n) is 3.31. The van der Waals surface area contributed by atoms with E-state index in [1.807, 2.05) is 12.1 Å². The molecule has 0 radical (unpaired) electrons. The first-order chi connectivity index (χ1) is 11.3. The molecule has 116 valence electrons. The minimum absolute atomic E-state index is 0.227. The Morgan fingerprint density at radius 3 is 2.30 bits per heavy atom. The van der Waals surface area contributed by atoms with E-state index in [9.17, 15) is 4.39 Å². The van der Waals surface area contributed by atoms with Gasteiger partial charge in [0.1, 0.15) is 11.5 Å². The van der Waals surface area contributed by atoms with E-state index in [1.54, 1.807) is 24.5 Å². The molecular weight excluding hydrogens is 289 g/mol. The second-order valence-electron chi connectivity index (χ2n) is 6.05. The summed E-state index contributed by atoms with van der Waals surface area (Å²) in [5.74, 6) is -0.227. The minimum atomic E-state index is -0.227. The van der Waals surface area contributed by atoms with Gasteiger partial charge in [0, 0.05) is 29.7 Å². The molecule has 4 rings (SSSR count). The van der Waals surface area contributed by atoms with Gasteiger partial charge in [0.25, 0.3) is 0 Å². The smallest absolute Gasteiger partial charge is 0.123 e. The van der Waals surface area contributed by atoms with E-state index in [0.29, 0.717) is 6.04 Å². The summed E-state index contributed by atoms with van der Waals surface area (Å²) < 4.78 is 15.3. The highest BCUT2D eigenvalue weighted by Crippen LogP contribution is 2.35. The molecule has 2 aromatic heterocycles. The number of nitrogens with zero attached hydrogens (tertiary/aromatic N) is 3. The van der Waals surface area contributed by atoms with Crippen LogP contribution in [-0.2, 0) is 0 Å². The summed E-state index contributed by atoms with van der Waals surface area (Å²) in [7, 11) is 0. The Kier molecular flexibility index (Phi) is 3.66. The molecule has 1 aliphatic carbocycles. The summed E-state index contributed by atoms with van der Waals surface area (Å²) in [6.07, 6.45) is 10.6. The van der Waals surface area contributed by atoms with Crippen molar-refractivity contribution in [1.29, 1.82) is 0 Å². The van der Waals surface area contributed by atoms with Crippen LogP contribution in [0.5, 0.6) is 0 Å². The highest BCUT2D eigenvalue weighted by atomic mass is 19.1. The Morgan fingerprint density at radius 2 is 1.61 bits per heavy atom. The van der Waals surface area contributed by atoms with Crippen LogP contribution in [0.3, 0.4) is 0 Å². The van der Waals surface area contributed by atoms with E-state index in [0.717, 1.165) is 22.4 Å². The zero-order valence-corrected chi connectivity index (χ0v) is 12.8. The Labute approximate surface area is 134 Å². The molecule has 1 fully saturated rings. The van der Waals surface area contributed by atoms with Crippen LogP contribution in [0.4, 0.5) is 4.39 Å². The molecular formula is C19H18FN3. The van der Waals surface area contributed by atoms with Gasteiger partial charge in [-0.25, -0.2) is 4.39 Å². The summed E-state index contributed by atoms with van der Waals surface area (Å²) in [5, 5.41) is 4.84. The molecule has 0 saturated heterocycles. The first kappa shape index (κ1) is 14.1. The summed E-state index contributed by atoms with van der Waals surface area (Å²) in [4.78, 5) is 4.09. The maximum Gasteiger partial charge on any atom is 0.123 e. The van der Waals surface area contributed by atoms with Crippen molar-refractivity contribution in [3.05, 3.63) is 60.8 Å². The van der Waals surface area contributed by atoms with Gasteiger partial charge in [0.15, 0.2) is 0 Å². The van der Waals surface area contributed by atoms with Crippen LogP contribution < -0.4 is 0 Å². The fourth-order valence-corrected chi connectivity index (χ4v) is 3.31. The van der Waals surface area contributed by atoms with Gasteiger partial charge < -0.3 is 0 Å². The maximum absolute atomic E-state index is 13.2. The largest absolute Gasteiger partial charge is 0.268 e. The van der Waals surface area contributed by atoms with E-state index in [2.05, 4.69) is 15.9 Å². The molecule has 0 unspecified atom stereocenters. The third kappa shape index (κ3) is 2.77. The molecule has 0 atom stereocenters. The molecule has 1 saturated carbocycles. The third-order valence-corrected chi connectivity index (χ3v) is 4.54. The SMILES string of the molecule is Fc1ccc(-c2nn(C3CCCC3)cc2-c2ccncc2)cc1. The topological polar surface area (TPSA) is 30.7 Å². The van der Waals surface area contributed by atoms with Gasteiger partial charge in [-0.2, -0.15) is 5.10 Å². The van der Waals surface area contributed by atoms with Gasteiger partial charge in [-0.15, -0.1) is 0 Å². The quantitative estimate of drug-likeness (QED) is 0.691. The maximum atomic E-state index is 13.2. The summed E-state index contributed by atoms with van der Waals surface area (Å²) in [6, 6.07) is 11.0. The third-order valence-electron chi connectivity index (χ3n) is 4.54. The molecule has 1 aliphatic rings. The number of aromatic nitrogens is 3. The van der Waals surface area contributed by atoms with Crippen LogP contribution in [0.1, 0.15) is 31.7 Å². The number of hydrogen-bond acceptors (Lipinski definition) is 2. The molecule has 0 amide bonds. The van der Waals surface area contributed by atoms with E-state index in [4.69, 9.17) is 5.10 Å². The van der Waals surface area contributed by atoms with E-state index >= 15 is 0 Å². The van der Waals surface area contributed by atoms with Crippen LogP contribution in [0.15, 0.2) is 55.0 Å². The Hall–Kier alpha value is -2.49. The van der Waals surface area contributed by atoms with Crippen LogP contribution >= 0.6 is 0 Å². The molecule has 3 nitrogen and oxygen atoms in total. The number of hydrogen-bond donors (Lipinski definition) is 0. The van der Waals surface area contributed by atoms with Gasteiger partial charge in [-0.1, -0.05) is 12.8 Å². The number of halogens is 1. The van der Waals surface area contributed by atoms with Crippen LogP contribution in [-0.4, -0.2) is 14.8 Å². The van der Waals surface area contributed by atoms with Crippen molar-refractivity contribution in [2.75, 3.05) is 0 Å². The Bertz CT molecular complexity index is 787. The molecule has 4 heteroatoms. The van der Waals surface area contributed by atoms with E-state index < -0.39 is 0 Å². The first-order valence-corrected chi connectivity index (χ1v) is 8.07. The Morgan fingerprint density at radius 1 is 0.913 bits per heavy atom.